The van der Waals surface area contributed by atoms with E-state index >= 15 is 0 Å². The normalized spacial score (nSPS) is 15.9. The fourth-order valence-electron chi connectivity index (χ4n) is 1.80. The van der Waals surface area contributed by atoms with Crippen molar-refractivity contribution in [3.8, 4) is 11.5 Å². The highest BCUT2D eigenvalue weighted by atomic mass is 79.9. The molecule has 18 heavy (non-hydrogen) atoms. The van der Waals surface area contributed by atoms with Gasteiger partial charge in [-0.3, -0.25) is 0 Å². The second-order valence-corrected chi connectivity index (χ2v) is 4.56. The Balaban J connectivity index is 2.33. The summed E-state index contributed by atoms with van der Waals surface area (Å²) < 4.78 is 23.0. The van der Waals surface area contributed by atoms with Crippen LogP contribution in [0.25, 0.3) is 0 Å². The number of rotatable bonds is 5. The molecule has 0 atom stereocenters. The van der Waals surface area contributed by atoms with E-state index < -0.39 is 0 Å². The van der Waals surface area contributed by atoms with Gasteiger partial charge in [0.25, 0.3) is 0 Å². The molecular weight excluding hydrogens is 300 g/mol. The Bertz CT molecular complexity index is 375. The Morgan fingerprint density at radius 3 is 2.06 bits per heavy atom. The molecule has 1 fully saturated rings. The molecule has 1 saturated heterocycles. The minimum atomic E-state index is -0.323. The first kappa shape index (κ1) is 13.6. The van der Waals surface area contributed by atoms with Crippen LogP contribution in [0.4, 0.5) is 0 Å². The van der Waals surface area contributed by atoms with Crippen molar-refractivity contribution in [3.63, 3.8) is 0 Å². The van der Waals surface area contributed by atoms with Crippen LogP contribution in [0.5, 0.6) is 11.5 Å². The Labute approximate surface area is 115 Å². The van der Waals surface area contributed by atoms with Gasteiger partial charge in [0, 0.05) is 5.56 Å². The van der Waals surface area contributed by atoms with Crippen LogP contribution < -0.4 is 9.47 Å². The molecule has 4 nitrogen and oxygen atoms in total. The van der Waals surface area contributed by atoms with Crippen LogP contribution in [0.15, 0.2) is 16.6 Å². The summed E-state index contributed by atoms with van der Waals surface area (Å²) >= 11 is 3.49. The Morgan fingerprint density at radius 2 is 1.61 bits per heavy atom. The maximum atomic E-state index is 5.59. The van der Waals surface area contributed by atoms with Gasteiger partial charge in [0.1, 0.15) is 16.0 Å². The first-order valence-electron chi connectivity index (χ1n) is 6.08. The van der Waals surface area contributed by atoms with Crippen molar-refractivity contribution >= 4 is 15.9 Å². The van der Waals surface area contributed by atoms with Crippen LogP contribution in [0, 0.1) is 0 Å². The van der Waals surface area contributed by atoms with Crippen LogP contribution in [0.2, 0.25) is 0 Å². The Morgan fingerprint density at radius 1 is 1.11 bits per heavy atom. The minimum Gasteiger partial charge on any atom is -0.493 e. The number of benzene rings is 1. The molecule has 0 unspecified atom stereocenters. The minimum absolute atomic E-state index is 0.323. The Hall–Kier alpha value is -0.780. The van der Waals surface area contributed by atoms with E-state index in [2.05, 4.69) is 15.9 Å². The summed E-state index contributed by atoms with van der Waals surface area (Å²) in [5, 5.41) is 0. The second-order valence-electron chi connectivity index (χ2n) is 3.77. The van der Waals surface area contributed by atoms with E-state index in [-0.39, 0.29) is 6.29 Å². The van der Waals surface area contributed by atoms with E-state index in [0.717, 1.165) is 21.5 Å². The fourth-order valence-corrected chi connectivity index (χ4v) is 2.26. The molecule has 1 aliphatic rings. The van der Waals surface area contributed by atoms with Crippen LogP contribution in [-0.2, 0) is 9.47 Å². The van der Waals surface area contributed by atoms with E-state index in [1.165, 1.54) is 0 Å². The van der Waals surface area contributed by atoms with Gasteiger partial charge >= 0.3 is 0 Å². The molecule has 0 radical (unpaired) electrons. The lowest BCUT2D eigenvalue weighted by atomic mass is 10.2. The van der Waals surface area contributed by atoms with Gasteiger partial charge in [-0.1, -0.05) is 0 Å². The van der Waals surface area contributed by atoms with Crippen molar-refractivity contribution in [1.82, 2.24) is 0 Å². The summed E-state index contributed by atoms with van der Waals surface area (Å²) in [4.78, 5) is 0. The van der Waals surface area contributed by atoms with Gasteiger partial charge in [0.15, 0.2) is 6.29 Å². The van der Waals surface area contributed by atoms with Gasteiger partial charge < -0.3 is 18.9 Å². The van der Waals surface area contributed by atoms with E-state index in [1.54, 1.807) is 0 Å². The molecule has 0 aromatic heterocycles. The molecule has 0 amide bonds. The molecule has 0 saturated carbocycles. The van der Waals surface area contributed by atoms with Gasteiger partial charge in [-0.05, 0) is 41.9 Å². The van der Waals surface area contributed by atoms with Crippen LogP contribution >= 0.6 is 15.9 Å². The molecule has 1 aromatic rings. The lowest BCUT2D eigenvalue weighted by Gasteiger charge is -2.16. The quantitative estimate of drug-likeness (QED) is 0.835. The average molecular weight is 317 g/mol. The summed E-state index contributed by atoms with van der Waals surface area (Å²) in [6.07, 6.45) is -0.323. The van der Waals surface area contributed by atoms with Gasteiger partial charge in [-0.25, -0.2) is 0 Å². The highest BCUT2D eigenvalue weighted by Gasteiger charge is 2.22. The molecule has 5 heteroatoms. The summed E-state index contributed by atoms with van der Waals surface area (Å²) in [7, 11) is 0. The van der Waals surface area contributed by atoms with Crippen molar-refractivity contribution in [2.24, 2.45) is 0 Å². The van der Waals surface area contributed by atoms with Gasteiger partial charge in [0.05, 0.1) is 26.4 Å². The number of hydrogen-bond acceptors (Lipinski definition) is 4. The topological polar surface area (TPSA) is 36.9 Å². The standard InChI is InChI=1S/C13H17BrO4/c1-3-15-10-7-9(13-17-5-6-18-13)8-11(12(10)14)16-4-2/h7-8,13H,3-6H2,1-2H3. The number of hydrogen-bond donors (Lipinski definition) is 0. The van der Waals surface area contributed by atoms with E-state index in [1.807, 2.05) is 26.0 Å². The third-order valence-corrected chi connectivity index (χ3v) is 3.30. The van der Waals surface area contributed by atoms with Crippen molar-refractivity contribution in [3.05, 3.63) is 22.2 Å². The summed E-state index contributed by atoms with van der Waals surface area (Å²) in [5.41, 5.74) is 0.919. The van der Waals surface area contributed by atoms with Crippen LogP contribution in [0.1, 0.15) is 25.7 Å². The third kappa shape index (κ3) is 2.96. The Kier molecular flexibility index (Phi) is 4.86. The molecule has 0 bridgehead atoms. The smallest absolute Gasteiger partial charge is 0.184 e. The fraction of sp³-hybridized carbons (Fsp3) is 0.538. The first-order chi connectivity index (χ1) is 8.76. The lowest BCUT2D eigenvalue weighted by Crippen LogP contribution is -2.03. The largest absolute Gasteiger partial charge is 0.493 e. The molecule has 0 N–H and O–H groups in total. The summed E-state index contributed by atoms with van der Waals surface area (Å²) in [6, 6.07) is 3.85. The van der Waals surface area contributed by atoms with Crippen LogP contribution in [-0.4, -0.2) is 26.4 Å². The zero-order chi connectivity index (χ0) is 13.0. The number of ether oxygens (including phenoxy) is 4. The zero-order valence-corrected chi connectivity index (χ0v) is 12.2. The van der Waals surface area contributed by atoms with E-state index in [0.29, 0.717) is 26.4 Å². The molecule has 1 aliphatic heterocycles. The second kappa shape index (κ2) is 6.41. The highest BCUT2D eigenvalue weighted by molar-refractivity contribution is 9.10. The van der Waals surface area contributed by atoms with Crippen molar-refractivity contribution in [1.29, 1.82) is 0 Å². The lowest BCUT2D eigenvalue weighted by molar-refractivity contribution is -0.0443. The SMILES string of the molecule is CCOc1cc(C2OCCO2)cc(OCC)c1Br. The molecular formula is C13H17BrO4. The van der Waals surface area contributed by atoms with Crippen molar-refractivity contribution in [2.45, 2.75) is 20.1 Å². The third-order valence-electron chi connectivity index (χ3n) is 2.52. The van der Waals surface area contributed by atoms with Crippen LogP contribution in [0.3, 0.4) is 0 Å². The van der Waals surface area contributed by atoms with Crippen molar-refractivity contribution in [2.75, 3.05) is 26.4 Å². The summed E-state index contributed by atoms with van der Waals surface area (Å²) in [5.74, 6) is 1.50. The summed E-state index contributed by atoms with van der Waals surface area (Å²) in [6.45, 7) is 6.33. The van der Waals surface area contributed by atoms with Gasteiger partial charge in [-0.2, -0.15) is 0 Å². The predicted octanol–water partition coefficient (Wildman–Crippen LogP) is 3.29. The maximum absolute atomic E-state index is 5.59. The van der Waals surface area contributed by atoms with E-state index in [4.69, 9.17) is 18.9 Å². The molecule has 2 rings (SSSR count). The molecule has 1 heterocycles. The molecule has 100 valence electrons. The first-order valence-corrected chi connectivity index (χ1v) is 6.87. The number of halogens is 1. The monoisotopic (exact) mass is 316 g/mol. The van der Waals surface area contributed by atoms with Crippen molar-refractivity contribution < 1.29 is 18.9 Å². The molecule has 0 spiro atoms. The average Bonchev–Trinajstić information content (AvgIpc) is 2.88. The molecule has 0 aliphatic carbocycles. The molecule has 1 aromatic carbocycles. The zero-order valence-electron chi connectivity index (χ0n) is 10.6. The maximum Gasteiger partial charge on any atom is 0.184 e. The highest BCUT2D eigenvalue weighted by Crippen LogP contribution is 2.39. The van der Waals surface area contributed by atoms with Gasteiger partial charge in [-0.15, -0.1) is 0 Å². The van der Waals surface area contributed by atoms with E-state index in [9.17, 15) is 0 Å². The van der Waals surface area contributed by atoms with Gasteiger partial charge in [0.2, 0.25) is 0 Å². The predicted molar refractivity (Wildman–Crippen MR) is 71.1 cm³/mol.